The van der Waals surface area contributed by atoms with Crippen molar-refractivity contribution in [2.24, 2.45) is 7.05 Å². The summed E-state index contributed by atoms with van der Waals surface area (Å²) in [5.74, 6) is 0. The number of hydrogen-bond donors (Lipinski definition) is 0. The number of aryl methyl sites for hydroxylation is 2. The Morgan fingerprint density at radius 2 is 1.17 bits per heavy atom. The summed E-state index contributed by atoms with van der Waals surface area (Å²) in [6.45, 7) is 3.21. The number of hydrogen-bond acceptors (Lipinski definition) is 0. The molecule has 0 bridgehead atoms. The first-order valence-corrected chi connectivity index (χ1v) is 10.7. The third kappa shape index (κ3) is 2.43. The number of rotatable bonds is 3. The van der Waals surface area contributed by atoms with E-state index in [0.29, 0.717) is 0 Å². The zero-order valence-corrected chi connectivity index (χ0v) is 17.4. The predicted octanol–water partition coefficient (Wildman–Crippen LogP) is 7.05. The zero-order chi connectivity index (χ0) is 20.2. The summed E-state index contributed by atoms with van der Waals surface area (Å²) in [7, 11) is 2.17. The zero-order valence-electron chi connectivity index (χ0n) is 17.4. The molecule has 0 spiro atoms. The van der Waals surface area contributed by atoms with Gasteiger partial charge in [0.15, 0.2) is 0 Å². The minimum Gasteiger partial charge on any atom is -0.344 e. The monoisotopic (exact) mass is 388 g/mol. The smallest absolute Gasteiger partial charge is 0.0491 e. The Kier molecular flexibility index (Phi) is 3.76. The van der Waals surface area contributed by atoms with E-state index in [1.54, 1.807) is 0 Å². The van der Waals surface area contributed by atoms with E-state index in [2.05, 4.69) is 108 Å². The number of aromatic nitrogens is 2. The van der Waals surface area contributed by atoms with Crippen LogP contribution >= 0.6 is 0 Å². The van der Waals surface area contributed by atoms with Gasteiger partial charge in [-0.2, -0.15) is 0 Å². The Balaban J connectivity index is 1.47. The largest absolute Gasteiger partial charge is 0.344 e. The highest BCUT2D eigenvalue weighted by Crippen LogP contribution is 2.32. The van der Waals surface area contributed by atoms with Crippen LogP contribution in [0.4, 0.5) is 0 Å². The number of nitrogens with zero attached hydrogens (tertiary/aromatic N) is 2. The van der Waals surface area contributed by atoms with Crippen molar-refractivity contribution < 1.29 is 0 Å². The Morgan fingerprint density at radius 1 is 0.567 bits per heavy atom. The molecule has 0 aliphatic heterocycles. The molecule has 0 N–H and O–H groups in total. The molecule has 2 nitrogen and oxygen atoms in total. The summed E-state index contributed by atoms with van der Waals surface area (Å²) in [5, 5.41) is 5.37. The Labute approximate surface area is 176 Å². The van der Waals surface area contributed by atoms with Crippen LogP contribution in [0.2, 0.25) is 0 Å². The highest BCUT2D eigenvalue weighted by Gasteiger charge is 2.11. The van der Waals surface area contributed by atoms with Crippen LogP contribution in [0, 0.1) is 0 Å². The second kappa shape index (κ2) is 6.50. The molecule has 2 heteroatoms. The summed E-state index contributed by atoms with van der Waals surface area (Å²) >= 11 is 0. The highest BCUT2D eigenvalue weighted by molar-refractivity contribution is 6.09. The molecule has 2 aromatic heterocycles. The van der Waals surface area contributed by atoms with E-state index >= 15 is 0 Å². The molecule has 146 valence electrons. The molecule has 0 aliphatic rings. The maximum atomic E-state index is 2.41. The topological polar surface area (TPSA) is 9.86 Å². The van der Waals surface area contributed by atoms with Gasteiger partial charge in [-0.25, -0.2) is 0 Å². The fraction of sp³-hybridized carbons (Fsp3) is 0.143. The summed E-state index contributed by atoms with van der Waals surface area (Å²) < 4.78 is 4.72. The summed E-state index contributed by atoms with van der Waals surface area (Å²) in [6.07, 6.45) is 0.943. The Hall–Kier alpha value is -3.52. The molecular weight excluding hydrogens is 364 g/mol. The normalized spacial score (nSPS) is 11.9. The van der Waals surface area contributed by atoms with Crippen molar-refractivity contribution in [2.75, 3.05) is 0 Å². The van der Waals surface area contributed by atoms with Crippen molar-refractivity contribution in [3.8, 4) is 0 Å². The molecule has 0 saturated carbocycles. The lowest BCUT2D eigenvalue weighted by molar-refractivity contribution is 0.827. The van der Waals surface area contributed by atoms with Gasteiger partial charge < -0.3 is 9.13 Å². The minimum absolute atomic E-state index is 0.943. The first-order chi connectivity index (χ1) is 14.7. The molecule has 0 aliphatic carbocycles. The van der Waals surface area contributed by atoms with Crippen LogP contribution < -0.4 is 0 Å². The standard InChI is InChI=1S/C28H24N2/c1-3-30-26-11-7-5-9-22(26)24-17-19(13-15-27(24)30)16-20-12-14-23-21-8-4-6-10-25(21)29(2)28(23)18-20/h4-15,17-18H,3,16H2,1-2H3. The SMILES string of the molecule is CCn1c2ccccc2c2cc(Cc3ccc4c5ccccc5n(C)c4c3)ccc21. The van der Waals surface area contributed by atoms with Crippen molar-refractivity contribution in [1.82, 2.24) is 9.13 Å². The second-order valence-corrected chi connectivity index (χ2v) is 8.22. The summed E-state index contributed by atoms with van der Waals surface area (Å²) in [5.41, 5.74) is 7.96. The lowest BCUT2D eigenvalue weighted by atomic mass is 10.0. The summed E-state index contributed by atoms with van der Waals surface area (Å²) in [4.78, 5) is 0. The predicted molar refractivity (Wildman–Crippen MR) is 128 cm³/mol. The lowest BCUT2D eigenvalue weighted by Gasteiger charge is -2.06. The number of para-hydroxylation sites is 2. The van der Waals surface area contributed by atoms with E-state index in [1.807, 2.05) is 0 Å². The number of benzene rings is 4. The third-order valence-electron chi connectivity index (χ3n) is 6.54. The molecule has 0 atom stereocenters. The van der Waals surface area contributed by atoms with Crippen LogP contribution in [0.15, 0.2) is 84.9 Å². The van der Waals surface area contributed by atoms with E-state index in [0.717, 1.165) is 13.0 Å². The van der Waals surface area contributed by atoms with Gasteiger partial charge in [0.05, 0.1) is 0 Å². The fourth-order valence-electron chi connectivity index (χ4n) is 5.10. The Morgan fingerprint density at radius 3 is 1.97 bits per heavy atom. The molecule has 0 radical (unpaired) electrons. The van der Waals surface area contributed by atoms with E-state index in [9.17, 15) is 0 Å². The molecular formula is C28H24N2. The van der Waals surface area contributed by atoms with Gasteiger partial charge in [0, 0.05) is 57.2 Å². The van der Waals surface area contributed by atoms with Crippen LogP contribution in [0.3, 0.4) is 0 Å². The molecule has 2 heterocycles. The molecule has 0 fully saturated rings. The van der Waals surface area contributed by atoms with Crippen LogP contribution in [-0.4, -0.2) is 9.13 Å². The van der Waals surface area contributed by atoms with E-state index in [-0.39, 0.29) is 0 Å². The van der Waals surface area contributed by atoms with Crippen LogP contribution in [-0.2, 0) is 20.0 Å². The van der Waals surface area contributed by atoms with Gasteiger partial charge in [0.25, 0.3) is 0 Å². The molecule has 6 aromatic rings. The van der Waals surface area contributed by atoms with Gasteiger partial charge >= 0.3 is 0 Å². The van der Waals surface area contributed by atoms with Gasteiger partial charge in [0.1, 0.15) is 0 Å². The van der Waals surface area contributed by atoms with Gasteiger partial charge in [-0.05, 0) is 54.8 Å². The molecule has 6 rings (SSSR count). The van der Waals surface area contributed by atoms with E-state index in [4.69, 9.17) is 0 Å². The average molecular weight is 389 g/mol. The second-order valence-electron chi connectivity index (χ2n) is 8.22. The lowest BCUT2D eigenvalue weighted by Crippen LogP contribution is -1.93. The van der Waals surface area contributed by atoms with Crippen molar-refractivity contribution in [3.63, 3.8) is 0 Å². The maximum absolute atomic E-state index is 2.41. The first kappa shape index (κ1) is 17.3. The average Bonchev–Trinajstić information content (AvgIpc) is 3.26. The van der Waals surface area contributed by atoms with E-state index in [1.165, 1.54) is 54.7 Å². The first-order valence-electron chi connectivity index (χ1n) is 10.7. The van der Waals surface area contributed by atoms with E-state index < -0.39 is 0 Å². The quantitative estimate of drug-likeness (QED) is 0.307. The molecule has 0 amide bonds. The molecule has 0 unspecified atom stereocenters. The van der Waals surface area contributed by atoms with Crippen molar-refractivity contribution >= 4 is 43.6 Å². The van der Waals surface area contributed by atoms with Crippen molar-refractivity contribution in [2.45, 2.75) is 19.9 Å². The summed E-state index contributed by atoms with van der Waals surface area (Å²) in [6, 6.07) is 31.3. The van der Waals surface area contributed by atoms with Crippen molar-refractivity contribution in [1.29, 1.82) is 0 Å². The third-order valence-corrected chi connectivity index (χ3v) is 6.54. The van der Waals surface area contributed by atoms with Gasteiger partial charge in [0.2, 0.25) is 0 Å². The highest BCUT2D eigenvalue weighted by atomic mass is 15.0. The van der Waals surface area contributed by atoms with Gasteiger partial charge in [-0.3, -0.25) is 0 Å². The van der Waals surface area contributed by atoms with Crippen LogP contribution in [0.5, 0.6) is 0 Å². The number of fused-ring (bicyclic) bond motifs is 6. The van der Waals surface area contributed by atoms with Crippen molar-refractivity contribution in [3.05, 3.63) is 96.1 Å². The van der Waals surface area contributed by atoms with Crippen LogP contribution in [0.25, 0.3) is 43.6 Å². The minimum atomic E-state index is 0.943. The maximum Gasteiger partial charge on any atom is 0.0491 e. The van der Waals surface area contributed by atoms with Gasteiger partial charge in [-0.1, -0.05) is 54.6 Å². The molecule has 30 heavy (non-hydrogen) atoms. The molecule has 0 saturated heterocycles. The van der Waals surface area contributed by atoms with Crippen LogP contribution in [0.1, 0.15) is 18.1 Å². The Bertz CT molecular complexity index is 1560. The molecule has 4 aromatic carbocycles. The fourth-order valence-corrected chi connectivity index (χ4v) is 5.10. The van der Waals surface area contributed by atoms with Gasteiger partial charge in [-0.15, -0.1) is 0 Å².